The summed E-state index contributed by atoms with van der Waals surface area (Å²) >= 11 is 4.93. The molecule has 2 aromatic heterocycles. The number of benzene rings is 1. The van der Waals surface area contributed by atoms with Gasteiger partial charge in [-0.25, -0.2) is 9.97 Å². The molecule has 3 nitrogen and oxygen atoms in total. The number of thiazole rings is 2. The Morgan fingerprint density at radius 2 is 2.05 bits per heavy atom. The molecule has 0 bridgehead atoms. The molecule has 0 radical (unpaired) electrons. The lowest BCUT2D eigenvalue weighted by atomic mass is 10.2. The van der Waals surface area contributed by atoms with Crippen molar-refractivity contribution in [2.24, 2.45) is 0 Å². The molecule has 102 valence electrons. The highest BCUT2D eigenvalue weighted by Gasteiger charge is 2.06. The molecular formula is C14H13N3S3. The second-order valence-electron chi connectivity index (χ2n) is 4.32. The molecule has 0 atom stereocenters. The molecular weight excluding hydrogens is 306 g/mol. The second kappa shape index (κ2) is 5.95. The molecule has 0 saturated carbocycles. The van der Waals surface area contributed by atoms with Crippen molar-refractivity contribution in [2.45, 2.75) is 16.9 Å². The molecule has 2 N–H and O–H groups in total. The predicted octanol–water partition coefficient (Wildman–Crippen LogP) is 4.45. The van der Waals surface area contributed by atoms with Crippen LogP contribution in [-0.2, 0) is 5.75 Å². The topological polar surface area (TPSA) is 51.8 Å². The predicted molar refractivity (Wildman–Crippen MR) is 88.4 cm³/mol. The van der Waals surface area contributed by atoms with E-state index in [1.54, 1.807) is 23.1 Å². The molecule has 0 fully saturated rings. The van der Waals surface area contributed by atoms with Gasteiger partial charge in [-0.2, -0.15) is 0 Å². The first-order chi connectivity index (χ1) is 9.70. The third kappa shape index (κ3) is 3.20. The molecule has 0 spiro atoms. The molecule has 1 aromatic carbocycles. The van der Waals surface area contributed by atoms with Crippen LogP contribution in [0.3, 0.4) is 0 Å². The van der Waals surface area contributed by atoms with Crippen molar-refractivity contribution in [3.05, 3.63) is 47.1 Å². The van der Waals surface area contributed by atoms with Crippen LogP contribution in [0, 0.1) is 6.92 Å². The van der Waals surface area contributed by atoms with E-state index in [1.807, 2.05) is 6.20 Å². The first-order valence-corrected chi connectivity index (χ1v) is 8.74. The number of anilines is 1. The standard InChI is InChI=1S/C14H13N3S3/c1-9-2-4-10(5-3-9)13-17-11(8-19-13)7-18-12-6-16-14(15)20-12/h2-6,8H,7H2,1H3,(H2,15,16). The molecule has 0 aliphatic heterocycles. The van der Waals surface area contributed by atoms with E-state index in [0.29, 0.717) is 5.13 Å². The number of aromatic nitrogens is 2. The van der Waals surface area contributed by atoms with Crippen molar-refractivity contribution in [1.82, 2.24) is 9.97 Å². The summed E-state index contributed by atoms with van der Waals surface area (Å²) in [6.45, 7) is 2.09. The van der Waals surface area contributed by atoms with E-state index in [4.69, 9.17) is 5.73 Å². The van der Waals surface area contributed by atoms with Crippen molar-refractivity contribution in [1.29, 1.82) is 0 Å². The fourth-order valence-electron chi connectivity index (χ4n) is 1.69. The second-order valence-corrected chi connectivity index (χ2v) is 7.51. The molecule has 3 rings (SSSR count). The number of nitrogens with zero attached hydrogens (tertiary/aromatic N) is 2. The van der Waals surface area contributed by atoms with Crippen LogP contribution in [0.1, 0.15) is 11.3 Å². The minimum atomic E-state index is 0.617. The van der Waals surface area contributed by atoms with E-state index in [1.165, 1.54) is 22.5 Å². The Kier molecular flexibility index (Phi) is 4.05. The zero-order valence-electron chi connectivity index (χ0n) is 10.9. The highest BCUT2D eigenvalue weighted by Crippen LogP contribution is 2.31. The number of nitrogens with two attached hydrogens (primary N) is 1. The average molecular weight is 319 g/mol. The molecule has 6 heteroatoms. The minimum Gasteiger partial charge on any atom is -0.375 e. The van der Waals surface area contributed by atoms with Crippen molar-refractivity contribution in [3.63, 3.8) is 0 Å². The summed E-state index contributed by atoms with van der Waals surface area (Å²) in [7, 11) is 0. The van der Waals surface area contributed by atoms with Crippen LogP contribution >= 0.6 is 34.4 Å². The smallest absolute Gasteiger partial charge is 0.181 e. The summed E-state index contributed by atoms with van der Waals surface area (Å²) < 4.78 is 1.13. The number of hydrogen-bond acceptors (Lipinski definition) is 6. The first kappa shape index (κ1) is 13.6. The fourth-order valence-corrected chi connectivity index (χ4v) is 4.27. The highest BCUT2D eigenvalue weighted by atomic mass is 32.2. The maximum atomic E-state index is 5.62. The van der Waals surface area contributed by atoms with E-state index in [0.717, 1.165) is 20.7 Å². The molecule has 0 amide bonds. The highest BCUT2D eigenvalue weighted by molar-refractivity contribution is 8.00. The molecule has 3 aromatic rings. The molecule has 2 heterocycles. The van der Waals surface area contributed by atoms with Crippen LogP contribution in [-0.4, -0.2) is 9.97 Å². The van der Waals surface area contributed by atoms with Gasteiger partial charge in [-0.3, -0.25) is 0 Å². The fraction of sp³-hybridized carbons (Fsp3) is 0.143. The van der Waals surface area contributed by atoms with E-state index >= 15 is 0 Å². The summed E-state index contributed by atoms with van der Waals surface area (Å²) in [4.78, 5) is 8.73. The summed E-state index contributed by atoms with van der Waals surface area (Å²) in [6.07, 6.45) is 1.82. The number of rotatable bonds is 4. The van der Waals surface area contributed by atoms with Crippen molar-refractivity contribution in [3.8, 4) is 10.6 Å². The lowest BCUT2D eigenvalue weighted by molar-refractivity contribution is 1.23. The van der Waals surface area contributed by atoms with Crippen molar-refractivity contribution in [2.75, 3.05) is 5.73 Å². The number of aryl methyl sites for hydroxylation is 1. The van der Waals surface area contributed by atoms with Gasteiger partial charge in [-0.15, -0.1) is 23.1 Å². The van der Waals surface area contributed by atoms with E-state index < -0.39 is 0 Å². The lowest BCUT2D eigenvalue weighted by Gasteiger charge is -1.97. The van der Waals surface area contributed by atoms with E-state index in [9.17, 15) is 0 Å². The number of thioether (sulfide) groups is 1. The Hall–Kier alpha value is -1.37. The summed E-state index contributed by atoms with van der Waals surface area (Å²) in [5, 5.41) is 3.81. The Balaban J connectivity index is 1.69. The van der Waals surface area contributed by atoms with Crippen LogP contribution in [0.2, 0.25) is 0 Å². The third-order valence-electron chi connectivity index (χ3n) is 2.71. The zero-order valence-corrected chi connectivity index (χ0v) is 13.3. The lowest BCUT2D eigenvalue weighted by Crippen LogP contribution is -1.81. The molecule has 0 unspecified atom stereocenters. The van der Waals surface area contributed by atoms with Crippen molar-refractivity contribution >= 4 is 39.6 Å². The Morgan fingerprint density at radius 1 is 1.25 bits per heavy atom. The van der Waals surface area contributed by atoms with Crippen molar-refractivity contribution < 1.29 is 0 Å². The van der Waals surface area contributed by atoms with Crippen LogP contribution < -0.4 is 5.73 Å². The summed E-state index contributed by atoms with van der Waals surface area (Å²) in [6, 6.07) is 8.47. The van der Waals surface area contributed by atoms with Crippen LogP contribution in [0.15, 0.2) is 40.1 Å². The van der Waals surface area contributed by atoms with Crippen LogP contribution in [0.4, 0.5) is 5.13 Å². The van der Waals surface area contributed by atoms with Gasteiger partial charge < -0.3 is 5.73 Å². The molecule has 0 aliphatic carbocycles. The number of hydrogen-bond donors (Lipinski definition) is 1. The normalized spacial score (nSPS) is 10.8. The van der Waals surface area contributed by atoms with Gasteiger partial charge in [0.1, 0.15) is 5.01 Å². The van der Waals surface area contributed by atoms with Crippen LogP contribution in [0.25, 0.3) is 10.6 Å². The average Bonchev–Trinajstić information content (AvgIpc) is 3.06. The van der Waals surface area contributed by atoms with Gasteiger partial charge in [0.15, 0.2) is 5.13 Å². The van der Waals surface area contributed by atoms with Gasteiger partial charge in [-0.1, -0.05) is 41.2 Å². The maximum Gasteiger partial charge on any atom is 0.181 e. The minimum absolute atomic E-state index is 0.617. The van der Waals surface area contributed by atoms with E-state index in [2.05, 4.69) is 46.5 Å². The van der Waals surface area contributed by atoms with Gasteiger partial charge in [0.25, 0.3) is 0 Å². The van der Waals surface area contributed by atoms with Gasteiger partial charge in [0, 0.05) is 16.7 Å². The van der Waals surface area contributed by atoms with Gasteiger partial charge in [0.05, 0.1) is 16.1 Å². The summed E-state index contributed by atoms with van der Waals surface area (Å²) in [5.74, 6) is 0.851. The van der Waals surface area contributed by atoms with Crippen LogP contribution in [0.5, 0.6) is 0 Å². The largest absolute Gasteiger partial charge is 0.375 e. The Morgan fingerprint density at radius 3 is 2.75 bits per heavy atom. The first-order valence-electron chi connectivity index (χ1n) is 6.06. The van der Waals surface area contributed by atoms with E-state index in [-0.39, 0.29) is 0 Å². The maximum absolute atomic E-state index is 5.62. The Bertz CT molecular complexity index is 701. The molecule has 20 heavy (non-hydrogen) atoms. The SMILES string of the molecule is Cc1ccc(-c2nc(CSc3cnc(N)s3)cs2)cc1. The number of nitrogen functional groups attached to an aromatic ring is 1. The molecule has 0 saturated heterocycles. The Labute approximate surface area is 129 Å². The van der Waals surface area contributed by atoms with Gasteiger partial charge in [0.2, 0.25) is 0 Å². The quantitative estimate of drug-likeness (QED) is 0.722. The van der Waals surface area contributed by atoms with Gasteiger partial charge >= 0.3 is 0 Å². The zero-order chi connectivity index (χ0) is 13.9. The van der Waals surface area contributed by atoms with Gasteiger partial charge in [-0.05, 0) is 6.92 Å². The third-order valence-corrected chi connectivity index (χ3v) is 5.71. The molecule has 0 aliphatic rings. The summed E-state index contributed by atoms with van der Waals surface area (Å²) in [5.41, 5.74) is 9.17. The monoisotopic (exact) mass is 319 g/mol.